The number of benzene rings is 2. The minimum Gasteiger partial charge on any atom is -0.439 e. The largest absolute Gasteiger partial charge is 0.439 e. The van der Waals surface area contributed by atoms with E-state index in [0.717, 1.165) is 23.3 Å². The summed E-state index contributed by atoms with van der Waals surface area (Å²) in [6.45, 7) is 3.59. The van der Waals surface area contributed by atoms with Crippen molar-refractivity contribution in [3.63, 3.8) is 0 Å². The van der Waals surface area contributed by atoms with Crippen LogP contribution in [0, 0.1) is 5.82 Å². The SMILES string of the molecule is CN1CCN(C(=O)OCC(=O)N2CC(F)CC2C(=O)NC(c2ccccc2)c2ccc(C3(C)CC3)c(F)c2)CC1. The van der Waals surface area contributed by atoms with Gasteiger partial charge in [0.2, 0.25) is 5.91 Å². The zero-order chi connectivity index (χ0) is 28.4. The maximum absolute atomic E-state index is 15.2. The number of piperazine rings is 1. The van der Waals surface area contributed by atoms with Crippen LogP contribution in [0.1, 0.15) is 48.9 Å². The molecule has 10 heteroatoms. The van der Waals surface area contributed by atoms with E-state index >= 15 is 4.39 Å². The molecule has 3 amide bonds. The van der Waals surface area contributed by atoms with Crippen LogP contribution in [0.15, 0.2) is 48.5 Å². The number of nitrogens with one attached hydrogen (secondary N) is 1. The highest BCUT2D eigenvalue weighted by atomic mass is 19.1. The van der Waals surface area contributed by atoms with Crippen molar-refractivity contribution in [2.45, 2.75) is 49.9 Å². The topological polar surface area (TPSA) is 82.2 Å². The molecule has 1 saturated carbocycles. The second-order valence-electron chi connectivity index (χ2n) is 11.4. The molecule has 214 valence electrons. The van der Waals surface area contributed by atoms with E-state index < -0.39 is 42.8 Å². The van der Waals surface area contributed by atoms with Crippen LogP contribution < -0.4 is 5.32 Å². The van der Waals surface area contributed by atoms with Gasteiger partial charge in [0.1, 0.15) is 18.0 Å². The third-order valence-corrected chi connectivity index (χ3v) is 8.35. The van der Waals surface area contributed by atoms with E-state index in [1.54, 1.807) is 6.07 Å². The Bertz CT molecular complexity index is 1250. The number of amides is 3. The van der Waals surface area contributed by atoms with Gasteiger partial charge < -0.3 is 24.8 Å². The van der Waals surface area contributed by atoms with Crippen molar-refractivity contribution in [1.82, 2.24) is 20.0 Å². The molecule has 2 aromatic rings. The van der Waals surface area contributed by atoms with Crippen LogP contribution in [-0.4, -0.2) is 91.2 Å². The number of halogens is 2. The number of hydrogen-bond donors (Lipinski definition) is 1. The summed E-state index contributed by atoms with van der Waals surface area (Å²) < 4.78 is 34.9. The van der Waals surface area contributed by atoms with E-state index in [4.69, 9.17) is 4.74 Å². The van der Waals surface area contributed by atoms with E-state index in [1.165, 1.54) is 11.0 Å². The van der Waals surface area contributed by atoms with Crippen molar-refractivity contribution in [2.24, 2.45) is 0 Å². The highest BCUT2D eigenvalue weighted by Gasteiger charge is 2.42. The summed E-state index contributed by atoms with van der Waals surface area (Å²) in [4.78, 5) is 43.7. The predicted molar refractivity (Wildman–Crippen MR) is 145 cm³/mol. The van der Waals surface area contributed by atoms with Crippen LogP contribution in [0.4, 0.5) is 13.6 Å². The summed E-state index contributed by atoms with van der Waals surface area (Å²) in [5.41, 5.74) is 1.80. The molecule has 2 aliphatic heterocycles. The lowest BCUT2D eigenvalue weighted by Gasteiger charge is -2.32. The van der Waals surface area contributed by atoms with Gasteiger partial charge in [-0.2, -0.15) is 0 Å². The molecule has 40 heavy (non-hydrogen) atoms. The molecule has 3 unspecified atom stereocenters. The van der Waals surface area contributed by atoms with Gasteiger partial charge >= 0.3 is 6.09 Å². The number of likely N-dealkylation sites (tertiary alicyclic amines) is 1. The summed E-state index contributed by atoms with van der Waals surface area (Å²) in [5, 5.41) is 2.93. The van der Waals surface area contributed by atoms with Gasteiger partial charge in [-0.15, -0.1) is 0 Å². The van der Waals surface area contributed by atoms with Crippen LogP contribution in [-0.2, 0) is 19.7 Å². The monoisotopic (exact) mass is 554 g/mol. The van der Waals surface area contributed by atoms with Gasteiger partial charge in [0.25, 0.3) is 5.91 Å². The molecule has 0 aromatic heterocycles. The third-order valence-electron chi connectivity index (χ3n) is 8.35. The number of likely N-dealkylation sites (N-methyl/N-ethyl adjacent to an activating group) is 1. The quantitative estimate of drug-likeness (QED) is 0.568. The van der Waals surface area contributed by atoms with Crippen molar-refractivity contribution in [3.8, 4) is 0 Å². The van der Waals surface area contributed by atoms with Gasteiger partial charge in [-0.05, 0) is 48.1 Å². The van der Waals surface area contributed by atoms with Gasteiger partial charge in [-0.25, -0.2) is 13.6 Å². The van der Waals surface area contributed by atoms with Gasteiger partial charge in [-0.1, -0.05) is 49.4 Å². The Morgan fingerprint density at radius 3 is 2.40 bits per heavy atom. The maximum atomic E-state index is 15.2. The van der Waals surface area contributed by atoms with Crippen molar-refractivity contribution < 1.29 is 27.9 Å². The molecular weight excluding hydrogens is 518 g/mol. The Balaban J connectivity index is 1.28. The zero-order valence-electron chi connectivity index (χ0n) is 22.9. The first-order valence-electron chi connectivity index (χ1n) is 13.8. The van der Waals surface area contributed by atoms with Gasteiger partial charge in [0.05, 0.1) is 12.6 Å². The minimum atomic E-state index is -1.39. The molecule has 2 aromatic carbocycles. The molecule has 3 atom stereocenters. The van der Waals surface area contributed by atoms with Crippen molar-refractivity contribution >= 4 is 17.9 Å². The van der Waals surface area contributed by atoms with E-state index in [-0.39, 0.29) is 24.2 Å². The summed E-state index contributed by atoms with van der Waals surface area (Å²) in [5.74, 6) is -1.50. The summed E-state index contributed by atoms with van der Waals surface area (Å²) in [7, 11) is 1.96. The van der Waals surface area contributed by atoms with Crippen molar-refractivity contribution in [2.75, 3.05) is 46.4 Å². The first-order chi connectivity index (χ1) is 19.1. The predicted octanol–water partition coefficient (Wildman–Crippen LogP) is 3.41. The Labute approximate surface area is 233 Å². The number of nitrogens with zero attached hydrogens (tertiary/aromatic N) is 3. The van der Waals surface area contributed by atoms with Crippen molar-refractivity contribution in [1.29, 1.82) is 0 Å². The van der Waals surface area contributed by atoms with Gasteiger partial charge in [-0.3, -0.25) is 9.59 Å². The number of hydrogen-bond acceptors (Lipinski definition) is 5. The van der Waals surface area contributed by atoms with E-state index in [2.05, 4.69) is 10.2 Å². The molecule has 1 N–H and O–H groups in total. The third kappa shape index (κ3) is 6.11. The summed E-state index contributed by atoms with van der Waals surface area (Å²) in [6.07, 6.45) is -0.296. The normalized spacial score (nSPS) is 23.0. The smallest absolute Gasteiger partial charge is 0.410 e. The van der Waals surface area contributed by atoms with Crippen LogP contribution in [0.5, 0.6) is 0 Å². The summed E-state index contributed by atoms with van der Waals surface area (Å²) in [6, 6.07) is 12.4. The zero-order valence-corrected chi connectivity index (χ0v) is 22.9. The maximum Gasteiger partial charge on any atom is 0.410 e. The number of carbonyl (C=O) groups excluding carboxylic acids is 3. The Kier molecular flexibility index (Phi) is 8.07. The molecule has 0 radical (unpaired) electrons. The fraction of sp³-hybridized carbons (Fsp3) is 0.500. The Morgan fingerprint density at radius 2 is 1.75 bits per heavy atom. The molecule has 1 aliphatic carbocycles. The Hall–Kier alpha value is -3.53. The van der Waals surface area contributed by atoms with Crippen LogP contribution in [0.2, 0.25) is 0 Å². The number of rotatable bonds is 7. The highest BCUT2D eigenvalue weighted by Crippen LogP contribution is 2.48. The molecule has 2 heterocycles. The van der Waals surface area contributed by atoms with E-state index in [1.807, 2.05) is 50.4 Å². The molecule has 5 rings (SSSR count). The first kappa shape index (κ1) is 28.0. The van der Waals surface area contributed by atoms with E-state index in [9.17, 15) is 18.8 Å². The van der Waals surface area contributed by atoms with Gasteiger partial charge in [0.15, 0.2) is 6.61 Å². The Morgan fingerprint density at radius 1 is 1.05 bits per heavy atom. The van der Waals surface area contributed by atoms with Crippen LogP contribution in [0.3, 0.4) is 0 Å². The van der Waals surface area contributed by atoms with Gasteiger partial charge in [0, 0.05) is 32.6 Å². The average molecular weight is 555 g/mol. The number of ether oxygens (including phenoxy) is 1. The molecule has 0 spiro atoms. The van der Waals surface area contributed by atoms with Crippen LogP contribution in [0.25, 0.3) is 0 Å². The second-order valence-corrected chi connectivity index (χ2v) is 11.4. The molecule has 8 nitrogen and oxygen atoms in total. The molecule has 3 fully saturated rings. The fourth-order valence-electron chi connectivity index (χ4n) is 5.50. The fourth-order valence-corrected chi connectivity index (χ4v) is 5.50. The van der Waals surface area contributed by atoms with E-state index in [0.29, 0.717) is 37.3 Å². The average Bonchev–Trinajstić information content (AvgIpc) is 3.57. The first-order valence-corrected chi connectivity index (χ1v) is 13.8. The lowest BCUT2D eigenvalue weighted by atomic mass is 9.92. The standard InChI is InChI=1S/C30H36F2N4O4/c1-30(10-11-30)23-9-8-21(16-24(23)32)27(20-6-4-3-5-7-20)33-28(38)25-17-22(31)18-36(25)26(37)19-40-29(39)35-14-12-34(2)13-15-35/h3-9,16,22,25,27H,10-15,17-19H2,1-2H3,(H,33,38). The number of carbonyl (C=O) groups is 3. The molecule has 3 aliphatic rings. The molecule has 0 bridgehead atoms. The second kappa shape index (κ2) is 11.5. The minimum absolute atomic E-state index is 0.150. The molecular formula is C30H36F2N4O4. The van der Waals surface area contributed by atoms with Crippen LogP contribution >= 0.6 is 0 Å². The lowest BCUT2D eigenvalue weighted by Crippen LogP contribution is -2.50. The molecule has 2 saturated heterocycles. The summed E-state index contributed by atoms with van der Waals surface area (Å²) >= 11 is 0. The van der Waals surface area contributed by atoms with Crippen molar-refractivity contribution in [3.05, 3.63) is 71.0 Å². The lowest BCUT2D eigenvalue weighted by molar-refractivity contribution is -0.141. The highest BCUT2D eigenvalue weighted by molar-refractivity contribution is 5.90. The number of alkyl halides is 1.